The number of rotatable bonds is 2. The van der Waals surface area contributed by atoms with E-state index in [4.69, 9.17) is 0 Å². The van der Waals surface area contributed by atoms with Gasteiger partial charge in [-0.05, 0) is 18.1 Å². The maximum absolute atomic E-state index is 11.6. The number of fused-ring (bicyclic) bond motifs is 1. The molecule has 5 nitrogen and oxygen atoms in total. The molecule has 0 spiro atoms. The molecule has 2 heterocycles. The van der Waals surface area contributed by atoms with Crippen LogP contribution in [0, 0.1) is 0 Å². The van der Waals surface area contributed by atoms with E-state index in [2.05, 4.69) is 0 Å². The van der Waals surface area contributed by atoms with Gasteiger partial charge >= 0.3 is 5.97 Å². The summed E-state index contributed by atoms with van der Waals surface area (Å²) < 4.78 is 23.2. The van der Waals surface area contributed by atoms with E-state index in [1.807, 2.05) is 29.2 Å². The van der Waals surface area contributed by atoms with Crippen LogP contribution in [0.1, 0.15) is 17.9 Å². The predicted molar refractivity (Wildman–Crippen MR) is 71.2 cm³/mol. The molecule has 2 atom stereocenters. The third kappa shape index (κ3) is 2.10. The molecule has 0 aliphatic carbocycles. The van der Waals surface area contributed by atoms with Gasteiger partial charge in [0.25, 0.3) is 0 Å². The number of benzene rings is 1. The number of nitrogens with zero attached hydrogens (tertiary/aromatic N) is 1. The van der Waals surface area contributed by atoms with Crippen LogP contribution in [0.5, 0.6) is 0 Å². The first-order chi connectivity index (χ1) is 8.98. The summed E-state index contributed by atoms with van der Waals surface area (Å²) in [7, 11) is -2.96. The van der Waals surface area contributed by atoms with Gasteiger partial charge in [0, 0.05) is 18.3 Å². The summed E-state index contributed by atoms with van der Waals surface area (Å²) in [4.78, 5) is 13.3. The first-order valence-corrected chi connectivity index (χ1v) is 8.09. The van der Waals surface area contributed by atoms with E-state index in [9.17, 15) is 18.3 Å². The van der Waals surface area contributed by atoms with Crippen molar-refractivity contribution in [2.45, 2.75) is 18.4 Å². The summed E-state index contributed by atoms with van der Waals surface area (Å²) in [6.45, 7) is 0.370. The van der Waals surface area contributed by atoms with E-state index < -0.39 is 21.7 Å². The van der Waals surface area contributed by atoms with Gasteiger partial charge in [0.2, 0.25) is 0 Å². The van der Waals surface area contributed by atoms with Crippen molar-refractivity contribution in [3.8, 4) is 0 Å². The molecule has 0 saturated carbocycles. The van der Waals surface area contributed by atoms with Crippen LogP contribution in [0.15, 0.2) is 24.3 Å². The maximum Gasteiger partial charge on any atom is 0.312 e. The molecular weight excluding hydrogens is 266 g/mol. The molecule has 0 bridgehead atoms. The second kappa shape index (κ2) is 4.23. The number of aliphatic carboxylic acids is 1. The predicted octanol–water partition coefficient (Wildman–Crippen LogP) is 0.862. The van der Waals surface area contributed by atoms with Crippen LogP contribution in [-0.4, -0.2) is 43.6 Å². The van der Waals surface area contributed by atoms with E-state index in [0.717, 1.165) is 11.3 Å². The van der Waals surface area contributed by atoms with Gasteiger partial charge in [-0.2, -0.15) is 0 Å². The Morgan fingerprint density at radius 3 is 2.68 bits per heavy atom. The summed E-state index contributed by atoms with van der Waals surface area (Å²) in [6, 6.07) is 7.29. The number of anilines is 1. The Hall–Kier alpha value is -1.56. The van der Waals surface area contributed by atoms with Gasteiger partial charge in [-0.3, -0.25) is 4.79 Å². The molecular formula is C13H15NO4S. The van der Waals surface area contributed by atoms with Crippen LogP contribution in [-0.2, 0) is 14.6 Å². The quantitative estimate of drug-likeness (QED) is 0.870. The van der Waals surface area contributed by atoms with Gasteiger partial charge in [-0.25, -0.2) is 8.42 Å². The van der Waals surface area contributed by atoms with E-state index in [0.29, 0.717) is 13.0 Å². The van der Waals surface area contributed by atoms with Crippen molar-refractivity contribution in [1.29, 1.82) is 0 Å². The van der Waals surface area contributed by atoms with Crippen LogP contribution in [0.3, 0.4) is 0 Å². The molecule has 0 aromatic heterocycles. The zero-order valence-electron chi connectivity index (χ0n) is 10.3. The first kappa shape index (κ1) is 12.5. The summed E-state index contributed by atoms with van der Waals surface area (Å²) >= 11 is 0. The molecule has 1 fully saturated rings. The number of carboxylic acids is 1. The fourth-order valence-corrected chi connectivity index (χ4v) is 4.75. The van der Waals surface area contributed by atoms with Crippen molar-refractivity contribution in [2.24, 2.45) is 0 Å². The minimum absolute atomic E-state index is 0.0875. The lowest BCUT2D eigenvalue weighted by molar-refractivity contribution is -0.138. The fourth-order valence-electron chi connectivity index (χ4n) is 3.02. The van der Waals surface area contributed by atoms with Gasteiger partial charge in [0.05, 0.1) is 11.5 Å². The lowest BCUT2D eigenvalue weighted by Gasteiger charge is -2.26. The average Bonchev–Trinajstić information content (AvgIpc) is 2.89. The average molecular weight is 281 g/mol. The second-order valence-electron chi connectivity index (χ2n) is 5.16. The molecule has 0 amide bonds. The fraction of sp³-hybridized carbons (Fsp3) is 0.462. The Kier molecular flexibility index (Phi) is 2.78. The van der Waals surface area contributed by atoms with Crippen LogP contribution < -0.4 is 4.90 Å². The second-order valence-corrected chi connectivity index (χ2v) is 7.39. The standard InChI is InChI=1S/C13H15NO4S/c15-13(16)11-7-14(9-5-6-19(17,18)8-9)12-4-2-1-3-10(11)12/h1-4,9,11H,5-8H2,(H,15,16). The van der Waals surface area contributed by atoms with E-state index in [1.54, 1.807) is 0 Å². The Morgan fingerprint density at radius 2 is 2.05 bits per heavy atom. The molecule has 1 aromatic rings. The van der Waals surface area contributed by atoms with Crippen LogP contribution in [0.2, 0.25) is 0 Å². The normalized spacial score (nSPS) is 28.3. The molecule has 2 unspecified atom stereocenters. The molecule has 3 rings (SSSR count). The minimum atomic E-state index is -2.96. The van der Waals surface area contributed by atoms with Gasteiger partial charge in [0.1, 0.15) is 5.92 Å². The molecule has 1 N–H and O–H groups in total. The molecule has 2 aliphatic heterocycles. The Bertz CT molecular complexity index is 625. The van der Waals surface area contributed by atoms with Gasteiger partial charge < -0.3 is 10.0 Å². The number of carboxylic acid groups (broad SMARTS) is 1. The van der Waals surface area contributed by atoms with Crippen molar-refractivity contribution in [1.82, 2.24) is 0 Å². The SMILES string of the molecule is O=C(O)C1CN(C2CCS(=O)(=O)C2)c2ccccc21. The number of hydrogen-bond acceptors (Lipinski definition) is 4. The molecule has 1 saturated heterocycles. The van der Waals surface area contributed by atoms with Crippen molar-refractivity contribution >= 4 is 21.5 Å². The van der Waals surface area contributed by atoms with Crippen molar-refractivity contribution in [3.05, 3.63) is 29.8 Å². The van der Waals surface area contributed by atoms with E-state index in [1.165, 1.54) is 0 Å². The third-order valence-corrected chi connectivity index (χ3v) is 5.70. The molecule has 2 aliphatic rings. The first-order valence-electron chi connectivity index (χ1n) is 6.27. The minimum Gasteiger partial charge on any atom is -0.481 e. The molecule has 102 valence electrons. The van der Waals surface area contributed by atoms with Crippen molar-refractivity contribution < 1.29 is 18.3 Å². The number of hydrogen-bond donors (Lipinski definition) is 1. The number of carbonyl (C=O) groups is 1. The summed E-state index contributed by atoms with van der Waals surface area (Å²) in [5.74, 6) is -1.07. The van der Waals surface area contributed by atoms with Crippen LogP contribution in [0.25, 0.3) is 0 Å². The lowest BCUT2D eigenvalue weighted by Crippen LogP contribution is -2.36. The highest BCUT2D eigenvalue weighted by Gasteiger charge is 2.40. The van der Waals surface area contributed by atoms with E-state index in [-0.39, 0.29) is 17.5 Å². The highest BCUT2D eigenvalue weighted by atomic mass is 32.2. The maximum atomic E-state index is 11.6. The summed E-state index contributed by atoms with van der Waals surface area (Å²) in [5, 5.41) is 9.28. The smallest absolute Gasteiger partial charge is 0.312 e. The van der Waals surface area contributed by atoms with Gasteiger partial charge in [-0.15, -0.1) is 0 Å². The Morgan fingerprint density at radius 1 is 1.32 bits per heavy atom. The molecule has 1 aromatic carbocycles. The number of para-hydroxylation sites is 1. The zero-order valence-corrected chi connectivity index (χ0v) is 11.1. The van der Waals surface area contributed by atoms with Crippen molar-refractivity contribution in [2.75, 3.05) is 23.0 Å². The molecule has 6 heteroatoms. The zero-order chi connectivity index (χ0) is 13.6. The van der Waals surface area contributed by atoms with Crippen molar-refractivity contribution in [3.63, 3.8) is 0 Å². The van der Waals surface area contributed by atoms with Crippen LogP contribution in [0.4, 0.5) is 5.69 Å². The van der Waals surface area contributed by atoms with E-state index >= 15 is 0 Å². The highest BCUT2D eigenvalue weighted by Crippen LogP contribution is 2.39. The van der Waals surface area contributed by atoms with Gasteiger partial charge in [-0.1, -0.05) is 18.2 Å². The molecule has 0 radical (unpaired) electrons. The summed E-state index contributed by atoms with van der Waals surface area (Å²) in [5.41, 5.74) is 1.66. The molecule has 19 heavy (non-hydrogen) atoms. The lowest BCUT2D eigenvalue weighted by atomic mass is 10.0. The monoisotopic (exact) mass is 281 g/mol. The largest absolute Gasteiger partial charge is 0.481 e. The number of sulfone groups is 1. The topological polar surface area (TPSA) is 74.7 Å². The Balaban J connectivity index is 1.95. The highest BCUT2D eigenvalue weighted by molar-refractivity contribution is 7.91. The third-order valence-electron chi connectivity index (χ3n) is 3.95. The van der Waals surface area contributed by atoms with Crippen LogP contribution >= 0.6 is 0 Å². The Labute approximate surface area is 111 Å². The summed E-state index contributed by atoms with van der Waals surface area (Å²) in [6.07, 6.45) is 0.586. The van der Waals surface area contributed by atoms with Gasteiger partial charge in [0.15, 0.2) is 9.84 Å².